The number of primary amides is 1. The van der Waals surface area contributed by atoms with Gasteiger partial charge >= 0.3 is 7.82 Å². The van der Waals surface area contributed by atoms with Gasteiger partial charge in [0.2, 0.25) is 35.4 Å². The summed E-state index contributed by atoms with van der Waals surface area (Å²) >= 11 is 0. The van der Waals surface area contributed by atoms with Crippen LogP contribution in [0, 0.1) is 19.8 Å². The Morgan fingerprint density at radius 3 is 2.27 bits per heavy atom. The second-order valence-corrected chi connectivity index (χ2v) is 18.0. The maximum Gasteiger partial charge on any atom is 0.469 e. The number of oxime groups is 1. The summed E-state index contributed by atoms with van der Waals surface area (Å²) in [5.41, 5.74) is 9.83. The maximum atomic E-state index is 14.1. The number of nitrogens with zero attached hydrogens (tertiary/aromatic N) is 6. The average molecular weight is 958 g/mol. The van der Waals surface area contributed by atoms with Gasteiger partial charge in [0, 0.05) is 73.4 Å². The van der Waals surface area contributed by atoms with Crippen molar-refractivity contribution in [2.24, 2.45) is 16.8 Å². The molecule has 0 unspecified atom stereocenters. The number of carbonyl (C=O) groups is 6. The van der Waals surface area contributed by atoms with Crippen molar-refractivity contribution in [1.29, 1.82) is 0 Å². The zero-order valence-corrected chi connectivity index (χ0v) is 39.6. The Kier molecular flexibility index (Phi) is 20.2. The number of carbonyl (C=O) groups excluding carboxylic acids is 6. The smallest absolute Gasteiger partial charge is 0.396 e. The van der Waals surface area contributed by atoms with Gasteiger partial charge in [-0.2, -0.15) is 0 Å². The van der Waals surface area contributed by atoms with Crippen molar-refractivity contribution in [2.75, 3.05) is 19.8 Å². The van der Waals surface area contributed by atoms with E-state index in [-0.39, 0.29) is 24.7 Å². The van der Waals surface area contributed by atoms with Gasteiger partial charge in [-0.3, -0.25) is 38.3 Å². The summed E-state index contributed by atoms with van der Waals surface area (Å²) in [4.78, 5) is 113. The Morgan fingerprint density at radius 2 is 1.63 bits per heavy atom. The lowest BCUT2D eigenvalue weighted by Crippen LogP contribution is -2.61. The first-order valence-electron chi connectivity index (χ1n) is 22.1. The van der Waals surface area contributed by atoms with Crippen LogP contribution in [-0.4, -0.2) is 137 Å². The fourth-order valence-electron chi connectivity index (χ4n) is 7.80. The molecule has 67 heavy (non-hydrogen) atoms. The van der Waals surface area contributed by atoms with Crippen LogP contribution in [0.2, 0.25) is 0 Å². The number of pyridine rings is 1. The van der Waals surface area contributed by atoms with E-state index in [2.05, 4.69) is 45.5 Å². The van der Waals surface area contributed by atoms with Crippen molar-refractivity contribution in [3.05, 3.63) is 65.8 Å². The van der Waals surface area contributed by atoms with E-state index in [0.29, 0.717) is 51.1 Å². The van der Waals surface area contributed by atoms with E-state index in [1.54, 1.807) is 29.5 Å². The first-order valence-corrected chi connectivity index (χ1v) is 23.6. The standard InChI is InChI=1S/C43H64N11O12P/c1-26(2)19-34(49-43(61)37-11-10-17-53(37)30(6)56)40(58)48-35(41(59)50-36(24-55)42(60)51-38(39(44)57)29(5)66-67(62,63)64)21-33-23-46-25-52(33)16-8-7-9-18-65-47-22-31-20-27(3)54(28(31)4)32-12-14-45-15-13-32/h12-15,20,22-23,25-26,29,34-38,55H,7-11,16-19,21,24H2,1-6H3,(H2,44,57)(H,48,58)(H,49,61)(H,50,59)(H,51,60)(H2,62,63,64)/b47-22+/t29-,34+,35+,36+,37+,38+/m1/s1. The van der Waals surface area contributed by atoms with E-state index in [1.165, 1.54) is 18.0 Å². The van der Waals surface area contributed by atoms with Gasteiger partial charge in [0.25, 0.3) is 0 Å². The Hall–Kier alpha value is -6.00. The fourth-order valence-corrected chi connectivity index (χ4v) is 8.35. The predicted octanol–water partition coefficient (Wildman–Crippen LogP) is 0.421. The van der Waals surface area contributed by atoms with Gasteiger partial charge in [-0.15, -0.1) is 0 Å². The number of nitrogens with two attached hydrogens (primary N) is 1. The minimum absolute atomic E-state index is 0.105. The molecule has 1 aliphatic rings. The van der Waals surface area contributed by atoms with Crippen LogP contribution in [0.5, 0.6) is 0 Å². The molecule has 0 bridgehead atoms. The summed E-state index contributed by atoms with van der Waals surface area (Å²) < 4.78 is 19.8. The number of unbranched alkanes of at least 4 members (excludes halogenated alkanes) is 2. The molecular formula is C43H64N11O12P. The summed E-state index contributed by atoms with van der Waals surface area (Å²) in [7, 11) is -5.13. The molecule has 0 saturated carbocycles. The first kappa shape index (κ1) is 53.6. The zero-order valence-electron chi connectivity index (χ0n) is 38.7. The van der Waals surface area contributed by atoms with Gasteiger partial charge in [-0.25, -0.2) is 9.55 Å². The second-order valence-electron chi connectivity index (χ2n) is 16.8. The van der Waals surface area contributed by atoms with E-state index in [0.717, 1.165) is 36.0 Å². The van der Waals surface area contributed by atoms with Crippen molar-refractivity contribution in [2.45, 2.75) is 129 Å². The van der Waals surface area contributed by atoms with Crippen molar-refractivity contribution in [1.82, 2.24) is 45.3 Å². The molecule has 1 aliphatic heterocycles. The maximum absolute atomic E-state index is 14.1. The number of amides is 6. The van der Waals surface area contributed by atoms with Gasteiger partial charge in [0.1, 0.15) is 36.8 Å². The van der Waals surface area contributed by atoms with E-state index in [1.807, 2.05) is 45.9 Å². The lowest BCUT2D eigenvalue weighted by atomic mass is 10.0. The van der Waals surface area contributed by atoms with Crippen molar-refractivity contribution >= 4 is 49.5 Å². The Morgan fingerprint density at radius 1 is 0.955 bits per heavy atom. The molecule has 23 nitrogen and oxygen atoms in total. The summed E-state index contributed by atoms with van der Waals surface area (Å²) in [6.07, 6.45) is 9.70. The average Bonchev–Trinajstić information content (AvgIpc) is 4.00. The number of hydrogen-bond acceptors (Lipinski definition) is 13. The van der Waals surface area contributed by atoms with Crippen LogP contribution in [0.25, 0.3) is 5.69 Å². The van der Waals surface area contributed by atoms with Crippen molar-refractivity contribution < 1.29 is 57.6 Å². The number of aromatic nitrogens is 4. The minimum Gasteiger partial charge on any atom is -0.396 e. The van der Waals surface area contributed by atoms with Crippen LogP contribution < -0.4 is 27.0 Å². The SMILES string of the molecule is CC(=O)N1CCC[C@H]1C(=O)N[C@@H](CC(C)C)C(=O)N[C@@H](Cc1cncn1CCCCCO/N=C/c1cc(C)n(-c2ccncc2)c1C)C(=O)N[C@@H](CO)C(=O)N[C@H](C(N)=O)[C@@H](C)OP(=O)(O)O. The number of nitrogens with one attached hydrogen (secondary N) is 4. The molecule has 0 radical (unpaired) electrons. The molecule has 6 atom stereocenters. The summed E-state index contributed by atoms with van der Waals surface area (Å²) in [5.74, 6) is -4.98. The molecule has 4 rings (SSSR count). The third kappa shape index (κ3) is 16.1. The van der Waals surface area contributed by atoms with Gasteiger partial charge in [-0.1, -0.05) is 19.0 Å². The van der Waals surface area contributed by atoms with E-state index in [4.69, 9.17) is 10.6 Å². The molecule has 0 aliphatic carbocycles. The summed E-state index contributed by atoms with van der Waals surface area (Å²) in [5, 5.41) is 24.3. The summed E-state index contributed by atoms with van der Waals surface area (Å²) in [6.45, 7) is 10.3. The summed E-state index contributed by atoms with van der Waals surface area (Å²) in [6, 6.07) is -1.01. The lowest BCUT2D eigenvalue weighted by Gasteiger charge is -2.28. The minimum atomic E-state index is -5.13. The number of rotatable bonds is 26. The van der Waals surface area contributed by atoms with Crippen LogP contribution in [0.4, 0.5) is 0 Å². The van der Waals surface area contributed by atoms with Gasteiger partial charge in [0.15, 0.2) is 0 Å². The molecule has 0 aromatic carbocycles. The van der Waals surface area contributed by atoms with Crippen LogP contribution >= 0.6 is 7.82 Å². The molecule has 3 aromatic rings. The number of phosphoric ester groups is 1. The van der Waals surface area contributed by atoms with Crippen molar-refractivity contribution in [3.8, 4) is 5.69 Å². The molecule has 3 aromatic heterocycles. The third-order valence-electron chi connectivity index (χ3n) is 11.1. The van der Waals surface area contributed by atoms with Crippen LogP contribution in [0.3, 0.4) is 0 Å². The molecule has 4 heterocycles. The van der Waals surface area contributed by atoms with Crippen LogP contribution in [-0.2, 0) is 55.7 Å². The van der Waals surface area contributed by atoms with E-state index in [9.17, 15) is 48.2 Å². The fraction of sp³-hybridized carbons (Fsp3) is 0.558. The number of likely N-dealkylation sites (tertiary alicyclic amines) is 1. The largest absolute Gasteiger partial charge is 0.469 e. The Labute approximate surface area is 388 Å². The van der Waals surface area contributed by atoms with E-state index >= 15 is 0 Å². The number of phosphoric acid groups is 1. The topological polar surface area (TPSA) is 324 Å². The molecule has 1 fully saturated rings. The Balaban J connectivity index is 1.45. The highest BCUT2D eigenvalue weighted by atomic mass is 31.2. The number of aryl methyl sites for hydroxylation is 2. The normalized spacial score (nSPS) is 16.3. The lowest BCUT2D eigenvalue weighted by molar-refractivity contribution is -0.139. The number of aliphatic hydroxyl groups is 1. The monoisotopic (exact) mass is 957 g/mol. The molecule has 1 saturated heterocycles. The molecule has 9 N–H and O–H groups in total. The molecule has 368 valence electrons. The highest BCUT2D eigenvalue weighted by Gasteiger charge is 2.37. The molecule has 24 heteroatoms. The number of aliphatic hydroxyl groups excluding tert-OH is 1. The van der Waals surface area contributed by atoms with Crippen LogP contribution in [0.1, 0.15) is 88.9 Å². The van der Waals surface area contributed by atoms with Gasteiger partial charge < -0.3 is 60.8 Å². The molecular weight excluding hydrogens is 894 g/mol. The third-order valence-corrected chi connectivity index (χ3v) is 11.7. The molecule has 0 spiro atoms. The van der Waals surface area contributed by atoms with E-state index < -0.39 is 80.3 Å². The highest BCUT2D eigenvalue weighted by Crippen LogP contribution is 2.38. The Bertz CT molecular complexity index is 2250. The van der Waals surface area contributed by atoms with Gasteiger partial charge in [0.05, 0.1) is 25.3 Å². The number of hydrogen-bond donors (Lipinski definition) is 8. The predicted molar refractivity (Wildman–Crippen MR) is 243 cm³/mol. The first-order chi connectivity index (χ1) is 31.7. The quantitative estimate of drug-likeness (QED) is 0.0234. The zero-order chi connectivity index (χ0) is 49.4. The highest BCUT2D eigenvalue weighted by molar-refractivity contribution is 7.46. The van der Waals surface area contributed by atoms with Crippen LogP contribution in [0.15, 0.2) is 48.3 Å². The van der Waals surface area contributed by atoms with Crippen molar-refractivity contribution in [3.63, 3.8) is 0 Å². The number of imidazole rings is 1. The second kappa shape index (κ2) is 25.2. The van der Waals surface area contributed by atoms with Gasteiger partial charge in [-0.05, 0) is 83.4 Å². The molecule has 6 amide bonds.